The van der Waals surface area contributed by atoms with Gasteiger partial charge < -0.3 is 4.74 Å². The molecule has 3 unspecified atom stereocenters. The van der Waals surface area contributed by atoms with Crippen LogP contribution in [0.1, 0.15) is 25.3 Å². The van der Waals surface area contributed by atoms with Crippen LogP contribution in [0.3, 0.4) is 0 Å². The first-order valence-corrected chi connectivity index (χ1v) is 7.43. The van der Waals surface area contributed by atoms with E-state index in [-0.39, 0.29) is 12.1 Å². The topological polar surface area (TPSA) is 47.3 Å². The van der Waals surface area contributed by atoms with Crippen LogP contribution in [0.2, 0.25) is 10.0 Å². The maximum absolute atomic E-state index is 6.22. The molecule has 1 aromatic rings. The van der Waals surface area contributed by atoms with E-state index < -0.39 is 0 Å². The van der Waals surface area contributed by atoms with E-state index in [1.54, 1.807) is 6.07 Å². The quantitative estimate of drug-likeness (QED) is 0.649. The zero-order chi connectivity index (χ0) is 13.8. The molecule has 2 rings (SSSR count). The average molecular weight is 303 g/mol. The Labute approximate surface area is 124 Å². The first-order chi connectivity index (χ1) is 9.15. The molecular formula is C14H20Cl2N2O. The second kappa shape index (κ2) is 6.91. The lowest BCUT2D eigenvalue weighted by Gasteiger charge is -2.27. The largest absolute Gasteiger partial charge is 0.378 e. The van der Waals surface area contributed by atoms with Crippen molar-refractivity contribution < 1.29 is 4.74 Å². The molecule has 1 aliphatic rings. The van der Waals surface area contributed by atoms with Crippen molar-refractivity contribution in [3.05, 3.63) is 33.8 Å². The van der Waals surface area contributed by atoms with Crippen LogP contribution in [0.15, 0.2) is 18.2 Å². The summed E-state index contributed by atoms with van der Waals surface area (Å²) in [6, 6.07) is 5.77. The smallest absolute Gasteiger partial charge is 0.0617 e. The molecule has 3 atom stereocenters. The van der Waals surface area contributed by atoms with E-state index >= 15 is 0 Å². The molecule has 1 heterocycles. The minimum atomic E-state index is 0.172. The predicted octanol–water partition coefficient (Wildman–Crippen LogP) is 3.18. The summed E-state index contributed by atoms with van der Waals surface area (Å²) in [5.74, 6) is 6.15. The Morgan fingerprint density at radius 2 is 2.26 bits per heavy atom. The fraction of sp³-hybridized carbons (Fsp3) is 0.571. The summed E-state index contributed by atoms with van der Waals surface area (Å²) in [5.41, 5.74) is 3.99. The van der Waals surface area contributed by atoms with Crippen molar-refractivity contribution in [2.45, 2.75) is 38.3 Å². The Balaban J connectivity index is 2.10. The van der Waals surface area contributed by atoms with Gasteiger partial charge in [-0.05, 0) is 37.0 Å². The van der Waals surface area contributed by atoms with Crippen LogP contribution in [0.5, 0.6) is 0 Å². The van der Waals surface area contributed by atoms with Crippen molar-refractivity contribution in [1.82, 2.24) is 5.43 Å². The summed E-state index contributed by atoms with van der Waals surface area (Å²) < 4.78 is 5.73. The van der Waals surface area contributed by atoms with Gasteiger partial charge in [0.05, 0.1) is 6.10 Å². The predicted molar refractivity (Wildman–Crippen MR) is 79.4 cm³/mol. The molecule has 0 amide bonds. The number of hydrazine groups is 1. The van der Waals surface area contributed by atoms with E-state index in [9.17, 15) is 0 Å². The summed E-state index contributed by atoms with van der Waals surface area (Å²) in [6.45, 7) is 2.96. The van der Waals surface area contributed by atoms with Crippen LogP contribution < -0.4 is 11.3 Å². The zero-order valence-electron chi connectivity index (χ0n) is 11.0. The standard InChI is InChI=1S/C14H20Cl2N2O/c1-2-14-11(5-6-19-14)13(18-17)7-9-3-4-10(15)8-12(9)16/h3-4,8,11,13-14,18H,2,5-7,17H2,1H3. The van der Waals surface area contributed by atoms with Gasteiger partial charge in [0.1, 0.15) is 0 Å². The fourth-order valence-electron chi connectivity index (χ4n) is 2.80. The summed E-state index contributed by atoms with van der Waals surface area (Å²) >= 11 is 12.1. The van der Waals surface area contributed by atoms with Gasteiger partial charge in [-0.3, -0.25) is 11.3 Å². The van der Waals surface area contributed by atoms with Crippen molar-refractivity contribution in [1.29, 1.82) is 0 Å². The van der Waals surface area contributed by atoms with Gasteiger partial charge >= 0.3 is 0 Å². The molecule has 0 radical (unpaired) electrons. The van der Waals surface area contributed by atoms with Crippen LogP contribution >= 0.6 is 23.2 Å². The molecule has 1 aliphatic heterocycles. The molecule has 0 aliphatic carbocycles. The van der Waals surface area contributed by atoms with Crippen molar-refractivity contribution in [3.63, 3.8) is 0 Å². The van der Waals surface area contributed by atoms with Gasteiger partial charge in [0.25, 0.3) is 0 Å². The van der Waals surface area contributed by atoms with E-state index in [0.717, 1.165) is 31.4 Å². The second-order valence-electron chi connectivity index (χ2n) is 4.98. The van der Waals surface area contributed by atoms with E-state index in [0.29, 0.717) is 16.0 Å². The van der Waals surface area contributed by atoms with E-state index in [2.05, 4.69) is 12.3 Å². The average Bonchev–Trinajstić information content (AvgIpc) is 2.86. The SMILES string of the molecule is CCC1OCCC1C(Cc1ccc(Cl)cc1Cl)NN. The number of ether oxygens (including phenoxy) is 1. The lowest BCUT2D eigenvalue weighted by molar-refractivity contribution is 0.0775. The third-order valence-corrected chi connectivity index (χ3v) is 4.44. The number of nitrogens with one attached hydrogen (secondary N) is 1. The first-order valence-electron chi connectivity index (χ1n) is 6.67. The third kappa shape index (κ3) is 3.61. The highest BCUT2D eigenvalue weighted by Gasteiger charge is 2.33. The van der Waals surface area contributed by atoms with Crippen molar-refractivity contribution in [2.24, 2.45) is 11.8 Å². The molecule has 3 N–H and O–H groups in total. The number of nitrogens with two attached hydrogens (primary N) is 1. The molecule has 0 spiro atoms. The van der Waals surface area contributed by atoms with Gasteiger partial charge in [-0.1, -0.05) is 36.2 Å². The number of hydrogen-bond donors (Lipinski definition) is 2. The Bertz CT molecular complexity index is 428. The Morgan fingerprint density at radius 3 is 2.89 bits per heavy atom. The Morgan fingerprint density at radius 1 is 1.47 bits per heavy atom. The van der Waals surface area contributed by atoms with Crippen LogP contribution in [0.4, 0.5) is 0 Å². The zero-order valence-corrected chi connectivity index (χ0v) is 12.5. The van der Waals surface area contributed by atoms with Crippen LogP contribution in [-0.4, -0.2) is 18.8 Å². The third-order valence-electron chi connectivity index (χ3n) is 3.85. The molecule has 0 saturated carbocycles. The highest BCUT2D eigenvalue weighted by molar-refractivity contribution is 6.35. The monoisotopic (exact) mass is 302 g/mol. The number of hydrogen-bond acceptors (Lipinski definition) is 3. The summed E-state index contributed by atoms with van der Waals surface area (Å²) in [6.07, 6.45) is 3.12. The molecule has 3 nitrogen and oxygen atoms in total. The summed E-state index contributed by atoms with van der Waals surface area (Å²) in [5, 5.41) is 1.35. The molecule has 1 fully saturated rings. The molecule has 0 bridgehead atoms. The van der Waals surface area contributed by atoms with E-state index in [1.165, 1.54) is 0 Å². The van der Waals surface area contributed by atoms with Crippen molar-refractivity contribution in [2.75, 3.05) is 6.61 Å². The molecular weight excluding hydrogens is 283 g/mol. The summed E-state index contributed by atoms with van der Waals surface area (Å²) in [7, 11) is 0. The maximum Gasteiger partial charge on any atom is 0.0617 e. The lowest BCUT2D eigenvalue weighted by Crippen LogP contribution is -2.45. The number of halogens is 2. The van der Waals surface area contributed by atoms with Gasteiger partial charge in [0.2, 0.25) is 0 Å². The van der Waals surface area contributed by atoms with E-state index in [4.69, 9.17) is 33.8 Å². The minimum absolute atomic E-state index is 0.172. The van der Waals surface area contributed by atoms with Gasteiger partial charge in [-0.25, -0.2) is 0 Å². The number of rotatable bonds is 5. The van der Waals surface area contributed by atoms with Crippen LogP contribution in [0, 0.1) is 5.92 Å². The highest BCUT2D eigenvalue weighted by atomic mass is 35.5. The van der Waals surface area contributed by atoms with Gasteiger partial charge in [0.15, 0.2) is 0 Å². The van der Waals surface area contributed by atoms with Crippen LogP contribution in [0.25, 0.3) is 0 Å². The fourth-order valence-corrected chi connectivity index (χ4v) is 3.29. The van der Waals surface area contributed by atoms with Crippen LogP contribution in [-0.2, 0) is 11.2 Å². The Hall–Kier alpha value is -0.320. The number of benzene rings is 1. The highest BCUT2D eigenvalue weighted by Crippen LogP contribution is 2.30. The van der Waals surface area contributed by atoms with Crippen molar-refractivity contribution >= 4 is 23.2 Å². The minimum Gasteiger partial charge on any atom is -0.378 e. The maximum atomic E-state index is 6.22. The normalized spacial score (nSPS) is 24.6. The van der Waals surface area contributed by atoms with Crippen molar-refractivity contribution in [3.8, 4) is 0 Å². The van der Waals surface area contributed by atoms with Gasteiger partial charge in [-0.15, -0.1) is 0 Å². The first kappa shape index (κ1) is 15.1. The molecule has 1 saturated heterocycles. The molecule has 106 valence electrons. The molecule has 5 heteroatoms. The summed E-state index contributed by atoms with van der Waals surface area (Å²) in [4.78, 5) is 0. The van der Waals surface area contributed by atoms with E-state index in [1.807, 2.05) is 12.1 Å². The Kier molecular flexibility index (Phi) is 5.48. The molecule has 0 aromatic heterocycles. The lowest BCUT2D eigenvalue weighted by atomic mass is 9.87. The molecule has 19 heavy (non-hydrogen) atoms. The van der Waals surface area contributed by atoms with Gasteiger partial charge in [0, 0.05) is 28.6 Å². The second-order valence-corrected chi connectivity index (χ2v) is 5.83. The molecule has 1 aromatic carbocycles. The van der Waals surface area contributed by atoms with Gasteiger partial charge in [-0.2, -0.15) is 0 Å².